The van der Waals surface area contributed by atoms with Gasteiger partial charge in [-0.25, -0.2) is 9.78 Å². The van der Waals surface area contributed by atoms with Crippen molar-refractivity contribution in [3.8, 4) is 5.75 Å². The number of aromatic nitrogens is 2. The molecule has 0 bridgehead atoms. The lowest BCUT2D eigenvalue weighted by Crippen LogP contribution is -2.55. The van der Waals surface area contributed by atoms with Crippen LogP contribution in [0.4, 0.5) is 0 Å². The van der Waals surface area contributed by atoms with Gasteiger partial charge in [0.25, 0.3) is 0 Å². The van der Waals surface area contributed by atoms with E-state index in [-0.39, 0.29) is 24.5 Å². The summed E-state index contributed by atoms with van der Waals surface area (Å²) in [5.41, 5.74) is 7.16. The first-order chi connectivity index (χ1) is 16.6. The Balaban J connectivity index is 1.98. The van der Waals surface area contributed by atoms with Gasteiger partial charge in [-0.2, -0.15) is 0 Å². The number of phenols is 1. The summed E-state index contributed by atoms with van der Waals surface area (Å²) in [4.78, 5) is 56.0. The van der Waals surface area contributed by atoms with E-state index in [1.807, 2.05) is 13.8 Å². The molecule has 0 radical (unpaired) electrons. The number of nitrogens with two attached hydrogens (primary N) is 1. The van der Waals surface area contributed by atoms with Gasteiger partial charge in [-0.05, 0) is 23.6 Å². The van der Waals surface area contributed by atoms with E-state index in [9.17, 15) is 29.4 Å². The summed E-state index contributed by atoms with van der Waals surface area (Å²) in [6.45, 7) is 3.23. The number of carboxylic acids is 1. The number of phenolic OH excluding ortho intramolecular Hbond substituents is 1. The topological polar surface area (TPSA) is 200 Å². The third kappa shape index (κ3) is 8.74. The third-order valence-corrected chi connectivity index (χ3v) is 5.60. The Morgan fingerprint density at radius 3 is 2.31 bits per heavy atom. The molecule has 0 aliphatic carbocycles. The van der Waals surface area contributed by atoms with Crippen LogP contribution in [-0.4, -0.2) is 68.5 Å². The van der Waals surface area contributed by atoms with E-state index in [2.05, 4.69) is 25.9 Å². The van der Waals surface area contributed by atoms with Crippen molar-refractivity contribution in [1.82, 2.24) is 25.9 Å². The first-order valence-corrected chi connectivity index (χ1v) is 11.2. The maximum Gasteiger partial charge on any atom is 0.326 e. The van der Waals surface area contributed by atoms with Gasteiger partial charge in [-0.15, -0.1) is 0 Å². The number of carbonyl (C=O) groups excluding carboxylic acids is 3. The maximum atomic E-state index is 12.8. The molecular weight excluding hydrogens is 456 g/mol. The average Bonchev–Trinajstić information content (AvgIpc) is 3.35. The number of H-pyrrole nitrogens is 1. The number of carbonyl (C=O) groups is 4. The molecule has 190 valence electrons. The molecule has 0 fully saturated rings. The predicted molar refractivity (Wildman–Crippen MR) is 126 cm³/mol. The first-order valence-electron chi connectivity index (χ1n) is 11.2. The number of rotatable bonds is 13. The molecule has 0 spiro atoms. The fourth-order valence-electron chi connectivity index (χ4n) is 3.21. The van der Waals surface area contributed by atoms with E-state index < -0.39 is 48.4 Å². The van der Waals surface area contributed by atoms with Gasteiger partial charge >= 0.3 is 5.97 Å². The summed E-state index contributed by atoms with van der Waals surface area (Å²) < 4.78 is 0. The van der Waals surface area contributed by atoms with Gasteiger partial charge in [-0.1, -0.05) is 32.4 Å². The van der Waals surface area contributed by atoms with Crippen LogP contribution in [-0.2, 0) is 32.0 Å². The van der Waals surface area contributed by atoms with E-state index in [0.29, 0.717) is 17.7 Å². The monoisotopic (exact) mass is 488 g/mol. The molecule has 0 aliphatic rings. The molecule has 2 aromatic rings. The molecule has 4 unspecified atom stereocenters. The fraction of sp³-hybridized carbons (Fsp3) is 0.435. The van der Waals surface area contributed by atoms with Crippen LogP contribution < -0.4 is 21.7 Å². The second-order valence-electron chi connectivity index (χ2n) is 8.30. The van der Waals surface area contributed by atoms with Crippen molar-refractivity contribution in [3.05, 3.63) is 48.0 Å². The number of hydrogen-bond donors (Lipinski definition) is 7. The minimum absolute atomic E-state index is 0.0126. The molecule has 0 saturated heterocycles. The number of aliphatic carboxylic acids is 1. The summed E-state index contributed by atoms with van der Waals surface area (Å²) in [6, 6.07) is 2.85. The minimum atomic E-state index is -1.25. The molecule has 1 aromatic carbocycles. The van der Waals surface area contributed by atoms with Gasteiger partial charge in [0.2, 0.25) is 17.7 Å². The summed E-state index contributed by atoms with van der Waals surface area (Å²) in [6.07, 6.45) is 3.70. The highest BCUT2D eigenvalue weighted by Gasteiger charge is 2.27. The second kappa shape index (κ2) is 13.1. The van der Waals surface area contributed by atoms with Crippen LogP contribution in [0.15, 0.2) is 36.8 Å². The molecular formula is C23H32N6O6. The smallest absolute Gasteiger partial charge is 0.326 e. The summed E-state index contributed by atoms with van der Waals surface area (Å²) in [5.74, 6) is -3.16. The summed E-state index contributed by atoms with van der Waals surface area (Å²) >= 11 is 0. The van der Waals surface area contributed by atoms with Crippen molar-refractivity contribution in [3.63, 3.8) is 0 Å². The molecule has 3 amide bonds. The molecule has 2 rings (SSSR count). The number of imidazole rings is 1. The van der Waals surface area contributed by atoms with Crippen molar-refractivity contribution in [1.29, 1.82) is 0 Å². The van der Waals surface area contributed by atoms with Crippen LogP contribution in [0.2, 0.25) is 0 Å². The Hall–Kier alpha value is -3.93. The molecule has 35 heavy (non-hydrogen) atoms. The van der Waals surface area contributed by atoms with Crippen LogP contribution in [0.1, 0.15) is 31.5 Å². The van der Waals surface area contributed by atoms with Gasteiger partial charge in [-0.3, -0.25) is 14.4 Å². The molecule has 4 atom stereocenters. The van der Waals surface area contributed by atoms with E-state index in [0.717, 1.165) is 0 Å². The van der Waals surface area contributed by atoms with Crippen molar-refractivity contribution in [2.75, 3.05) is 6.54 Å². The number of hydrogen-bond acceptors (Lipinski definition) is 7. The number of nitrogens with zero attached hydrogens (tertiary/aromatic N) is 1. The van der Waals surface area contributed by atoms with Gasteiger partial charge in [0.1, 0.15) is 17.8 Å². The number of benzene rings is 1. The van der Waals surface area contributed by atoms with Crippen molar-refractivity contribution in [2.45, 2.75) is 51.2 Å². The summed E-state index contributed by atoms with van der Waals surface area (Å²) in [7, 11) is 0. The molecule has 1 aromatic heterocycles. The van der Waals surface area contributed by atoms with Crippen LogP contribution in [0.5, 0.6) is 5.75 Å². The Morgan fingerprint density at radius 1 is 1.06 bits per heavy atom. The molecule has 8 N–H and O–H groups in total. The second-order valence-corrected chi connectivity index (χ2v) is 8.30. The zero-order chi connectivity index (χ0) is 26.0. The number of aromatic amines is 1. The van der Waals surface area contributed by atoms with Gasteiger partial charge in [0.05, 0.1) is 18.9 Å². The number of aromatic hydroxyl groups is 1. The Labute approximate surface area is 202 Å². The van der Waals surface area contributed by atoms with E-state index in [1.54, 1.807) is 12.1 Å². The quantitative estimate of drug-likeness (QED) is 0.194. The highest BCUT2D eigenvalue weighted by molar-refractivity contribution is 5.92. The molecule has 12 heteroatoms. The van der Waals surface area contributed by atoms with Crippen molar-refractivity contribution < 1.29 is 29.4 Å². The highest BCUT2D eigenvalue weighted by Crippen LogP contribution is 2.11. The van der Waals surface area contributed by atoms with Crippen LogP contribution in [0, 0.1) is 5.92 Å². The zero-order valence-electron chi connectivity index (χ0n) is 19.7. The van der Waals surface area contributed by atoms with E-state index >= 15 is 0 Å². The number of carboxylic acid groups (broad SMARTS) is 1. The largest absolute Gasteiger partial charge is 0.508 e. The normalized spacial score (nSPS) is 14.3. The van der Waals surface area contributed by atoms with Crippen molar-refractivity contribution >= 4 is 23.7 Å². The van der Waals surface area contributed by atoms with Crippen LogP contribution >= 0.6 is 0 Å². The fourth-order valence-corrected chi connectivity index (χ4v) is 3.21. The first kappa shape index (κ1) is 27.3. The average molecular weight is 489 g/mol. The van der Waals surface area contributed by atoms with Gasteiger partial charge < -0.3 is 36.9 Å². The Bertz CT molecular complexity index is 994. The lowest BCUT2D eigenvalue weighted by atomic mass is 9.99. The lowest BCUT2D eigenvalue weighted by Gasteiger charge is -2.23. The van der Waals surface area contributed by atoms with Crippen molar-refractivity contribution in [2.24, 2.45) is 11.7 Å². The van der Waals surface area contributed by atoms with E-state index in [4.69, 9.17) is 5.73 Å². The molecule has 12 nitrogen and oxygen atoms in total. The summed E-state index contributed by atoms with van der Waals surface area (Å²) in [5, 5.41) is 26.2. The predicted octanol–water partition coefficient (Wildman–Crippen LogP) is -0.556. The van der Waals surface area contributed by atoms with Gasteiger partial charge in [0.15, 0.2) is 0 Å². The van der Waals surface area contributed by atoms with E-state index in [1.165, 1.54) is 24.7 Å². The minimum Gasteiger partial charge on any atom is -0.508 e. The van der Waals surface area contributed by atoms with Gasteiger partial charge in [0, 0.05) is 24.7 Å². The lowest BCUT2D eigenvalue weighted by molar-refractivity contribution is -0.141. The number of nitrogens with one attached hydrogen (secondary N) is 4. The molecule has 0 aliphatic heterocycles. The highest BCUT2D eigenvalue weighted by atomic mass is 16.4. The van der Waals surface area contributed by atoms with Crippen LogP contribution in [0.25, 0.3) is 0 Å². The maximum absolute atomic E-state index is 12.8. The molecule has 0 saturated carbocycles. The SMILES string of the molecule is CCC(C)C(N)C(=O)NC(Cc1cnc[nH]1)C(=O)NCC(=O)NC(Cc1ccc(O)cc1)C(=O)O. The zero-order valence-corrected chi connectivity index (χ0v) is 19.7. The third-order valence-electron chi connectivity index (χ3n) is 5.60. The Morgan fingerprint density at radius 2 is 1.74 bits per heavy atom. The Kier molecular flexibility index (Phi) is 10.2. The standard InChI is InChI=1S/C23H32N6O6/c1-3-13(2)20(24)22(33)29-17(9-15-10-25-12-27-15)21(32)26-11-19(31)28-18(23(34)35)8-14-4-6-16(30)7-5-14/h4-7,10,12-13,17-18,20,30H,3,8-9,11,24H2,1-2H3,(H,25,27)(H,26,32)(H,28,31)(H,29,33)(H,34,35). The number of amides is 3. The van der Waals surface area contributed by atoms with Crippen LogP contribution in [0.3, 0.4) is 0 Å². The molecule has 1 heterocycles.